The Labute approximate surface area is 116 Å². The van der Waals surface area contributed by atoms with Crippen molar-refractivity contribution in [3.05, 3.63) is 35.9 Å². The number of hydrogen-bond donors (Lipinski definition) is 0. The number of carbonyl (C=O) groups excluding carboxylic acids is 1. The van der Waals surface area contributed by atoms with Gasteiger partial charge in [-0.05, 0) is 37.7 Å². The van der Waals surface area contributed by atoms with Crippen molar-refractivity contribution in [2.24, 2.45) is 0 Å². The van der Waals surface area contributed by atoms with Crippen LogP contribution in [-0.4, -0.2) is 23.4 Å². The highest BCUT2D eigenvalue weighted by atomic mass is 16.2. The minimum Gasteiger partial charge on any atom is -0.339 e. The zero-order valence-electron chi connectivity index (χ0n) is 12.1. The van der Waals surface area contributed by atoms with Crippen molar-refractivity contribution in [1.29, 1.82) is 0 Å². The molecule has 0 saturated carbocycles. The fourth-order valence-electron chi connectivity index (χ4n) is 3.15. The topological polar surface area (TPSA) is 20.3 Å². The minimum absolute atomic E-state index is 0.0355. The van der Waals surface area contributed by atoms with Crippen molar-refractivity contribution in [3.8, 4) is 0 Å². The highest BCUT2D eigenvalue weighted by molar-refractivity contribution is 5.84. The van der Waals surface area contributed by atoms with Crippen LogP contribution in [0.2, 0.25) is 0 Å². The first-order chi connectivity index (χ1) is 9.27. The summed E-state index contributed by atoms with van der Waals surface area (Å²) in [6.45, 7) is 5.25. The summed E-state index contributed by atoms with van der Waals surface area (Å²) in [6.07, 6.45) is 5.57. The van der Waals surface area contributed by atoms with Crippen LogP contribution >= 0.6 is 0 Å². The Bertz CT molecular complexity index is 401. The van der Waals surface area contributed by atoms with Crippen molar-refractivity contribution >= 4 is 5.91 Å². The molecule has 19 heavy (non-hydrogen) atoms. The maximum Gasteiger partial charge on any atom is 0.230 e. The Hall–Kier alpha value is -1.31. The second kappa shape index (κ2) is 6.74. The molecule has 2 nitrogen and oxygen atoms in total. The Morgan fingerprint density at radius 2 is 2.00 bits per heavy atom. The number of hydrogen-bond acceptors (Lipinski definition) is 1. The van der Waals surface area contributed by atoms with Gasteiger partial charge in [0.25, 0.3) is 0 Å². The lowest BCUT2D eigenvalue weighted by Crippen LogP contribution is -2.45. The lowest BCUT2D eigenvalue weighted by molar-refractivity contribution is -0.136. The molecule has 2 heteroatoms. The van der Waals surface area contributed by atoms with E-state index in [1.54, 1.807) is 0 Å². The number of rotatable bonds is 4. The normalized spacial score (nSPS) is 21.2. The van der Waals surface area contributed by atoms with Crippen molar-refractivity contribution < 1.29 is 4.79 Å². The van der Waals surface area contributed by atoms with Crippen LogP contribution in [0, 0.1) is 0 Å². The van der Waals surface area contributed by atoms with Crippen LogP contribution < -0.4 is 0 Å². The van der Waals surface area contributed by atoms with Gasteiger partial charge in [0.15, 0.2) is 0 Å². The number of carbonyl (C=O) groups is 1. The summed E-state index contributed by atoms with van der Waals surface area (Å²) in [5.41, 5.74) is 1.16. The molecule has 0 radical (unpaired) electrons. The molecular weight excluding hydrogens is 234 g/mol. The highest BCUT2D eigenvalue weighted by Gasteiger charge is 2.30. The van der Waals surface area contributed by atoms with E-state index in [9.17, 15) is 4.79 Å². The number of piperidine rings is 1. The van der Waals surface area contributed by atoms with Crippen molar-refractivity contribution in [1.82, 2.24) is 4.90 Å². The van der Waals surface area contributed by atoms with Crippen molar-refractivity contribution in [2.45, 2.75) is 57.9 Å². The number of amides is 1. The molecule has 1 saturated heterocycles. The lowest BCUT2D eigenvalue weighted by Gasteiger charge is -2.37. The monoisotopic (exact) mass is 259 g/mol. The molecule has 1 heterocycles. The zero-order valence-corrected chi connectivity index (χ0v) is 12.1. The van der Waals surface area contributed by atoms with Gasteiger partial charge in [0, 0.05) is 12.6 Å². The first-order valence-electron chi connectivity index (χ1n) is 7.63. The number of nitrogens with zero attached hydrogens (tertiary/aromatic N) is 1. The Balaban J connectivity index is 2.16. The minimum atomic E-state index is 0.0355. The molecule has 2 rings (SSSR count). The first kappa shape index (κ1) is 14.1. The average Bonchev–Trinajstić information content (AvgIpc) is 2.49. The van der Waals surface area contributed by atoms with Gasteiger partial charge in [-0.3, -0.25) is 4.79 Å². The van der Waals surface area contributed by atoms with E-state index in [4.69, 9.17) is 0 Å². The van der Waals surface area contributed by atoms with Crippen LogP contribution in [0.15, 0.2) is 30.3 Å². The third-order valence-corrected chi connectivity index (χ3v) is 4.29. The molecule has 1 amide bonds. The molecule has 0 bridgehead atoms. The molecule has 0 unspecified atom stereocenters. The average molecular weight is 259 g/mol. The van der Waals surface area contributed by atoms with Gasteiger partial charge in [0.2, 0.25) is 5.91 Å². The molecule has 1 aliphatic heterocycles. The maximum absolute atomic E-state index is 12.8. The number of benzene rings is 1. The summed E-state index contributed by atoms with van der Waals surface area (Å²) in [7, 11) is 0. The van der Waals surface area contributed by atoms with Crippen molar-refractivity contribution in [3.63, 3.8) is 0 Å². The van der Waals surface area contributed by atoms with Gasteiger partial charge in [-0.2, -0.15) is 0 Å². The molecule has 1 aliphatic rings. The van der Waals surface area contributed by atoms with Gasteiger partial charge < -0.3 is 4.90 Å². The summed E-state index contributed by atoms with van der Waals surface area (Å²) in [6, 6.07) is 10.7. The molecule has 2 atom stereocenters. The van der Waals surface area contributed by atoms with Gasteiger partial charge in [-0.1, -0.05) is 44.2 Å². The van der Waals surface area contributed by atoms with E-state index in [0.29, 0.717) is 11.9 Å². The van der Waals surface area contributed by atoms with Gasteiger partial charge in [-0.15, -0.1) is 0 Å². The predicted octanol–water partition coefficient (Wildman–Crippen LogP) is 3.97. The van der Waals surface area contributed by atoms with Crippen LogP contribution in [0.25, 0.3) is 0 Å². The molecule has 0 aromatic heterocycles. The lowest BCUT2D eigenvalue weighted by atomic mass is 9.92. The van der Waals surface area contributed by atoms with E-state index in [2.05, 4.69) is 30.9 Å². The first-order valence-corrected chi connectivity index (χ1v) is 7.63. The van der Waals surface area contributed by atoms with Crippen LogP contribution in [0.3, 0.4) is 0 Å². The smallest absolute Gasteiger partial charge is 0.230 e. The predicted molar refractivity (Wildman–Crippen MR) is 79.1 cm³/mol. The largest absolute Gasteiger partial charge is 0.339 e. The van der Waals surface area contributed by atoms with Crippen molar-refractivity contribution in [2.75, 3.05) is 6.54 Å². The van der Waals surface area contributed by atoms with Gasteiger partial charge in [0.05, 0.1) is 5.92 Å². The van der Waals surface area contributed by atoms with Gasteiger partial charge in [-0.25, -0.2) is 0 Å². The third-order valence-electron chi connectivity index (χ3n) is 4.29. The Morgan fingerprint density at radius 3 is 2.63 bits per heavy atom. The molecule has 1 aromatic carbocycles. The quantitative estimate of drug-likeness (QED) is 0.801. The second-order valence-corrected chi connectivity index (χ2v) is 5.46. The fourth-order valence-corrected chi connectivity index (χ4v) is 3.15. The summed E-state index contributed by atoms with van der Waals surface area (Å²) in [5, 5.41) is 0. The molecule has 0 aliphatic carbocycles. The van der Waals surface area contributed by atoms with E-state index >= 15 is 0 Å². The van der Waals surface area contributed by atoms with E-state index in [0.717, 1.165) is 31.4 Å². The van der Waals surface area contributed by atoms with Gasteiger partial charge >= 0.3 is 0 Å². The van der Waals surface area contributed by atoms with Crippen LogP contribution in [-0.2, 0) is 4.79 Å². The van der Waals surface area contributed by atoms with E-state index in [1.807, 2.05) is 18.2 Å². The molecule has 0 spiro atoms. The van der Waals surface area contributed by atoms with Crippen LogP contribution in [0.1, 0.15) is 57.4 Å². The molecule has 1 aromatic rings. The van der Waals surface area contributed by atoms with Crippen LogP contribution in [0.4, 0.5) is 0 Å². The summed E-state index contributed by atoms with van der Waals surface area (Å²) in [5.74, 6) is 0.369. The van der Waals surface area contributed by atoms with Gasteiger partial charge in [0.1, 0.15) is 0 Å². The van der Waals surface area contributed by atoms with Crippen LogP contribution in [0.5, 0.6) is 0 Å². The van der Waals surface area contributed by atoms with E-state index < -0.39 is 0 Å². The third kappa shape index (κ3) is 3.17. The second-order valence-electron chi connectivity index (χ2n) is 5.46. The molecule has 1 fully saturated rings. The Kier molecular flexibility index (Phi) is 5.00. The number of likely N-dealkylation sites (tertiary alicyclic amines) is 1. The highest BCUT2D eigenvalue weighted by Crippen LogP contribution is 2.27. The summed E-state index contributed by atoms with van der Waals surface area (Å²) < 4.78 is 0. The standard InChI is InChI=1S/C17H25NO/c1-3-15-12-8-9-13-18(15)17(19)16(4-2)14-10-6-5-7-11-14/h5-7,10-11,15-16H,3-4,8-9,12-13H2,1-2H3/t15-,16-/m0/s1. The molecule has 0 N–H and O–H groups in total. The summed E-state index contributed by atoms with van der Waals surface area (Å²) in [4.78, 5) is 15.0. The summed E-state index contributed by atoms with van der Waals surface area (Å²) >= 11 is 0. The Morgan fingerprint density at radius 1 is 1.26 bits per heavy atom. The maximum atomic E-state index is 12.8. The van der Waals surface area contributed by atoms with E-state index in [-0.39, 0.29) is 5.92 Å². The van der Waals surface area contributed by atoms with E-state index in [1.165, 1.54) is 12.8 Å². The molecule has 104 valence electrons. The molecular formula is C17H25NO. The fraction of sp³-hybridized carbons (Fsp3) is 0.588. The SMILES string of the molecule is CC[C@H]1CCCCN1C(=O)[C@@H](CC)c1ccccc1. The zero-order chi connectivity index (χ0) is 13.7.